The maximum Gasteiger partial charge on any atom is 0.259 e. The number of ether oxygens (including phenoxy) is 1. The number of nitrogens with one attached hydrogen (secondary N) is 2. The third kappa shape index (κ3) is 5.12. The first kappa shape index (κ1) is 24.7. The van der Waals surface area contributed by atoms with Crippen LogP contribution in [0.2, 0.25) is 10.0 Å². The normalized spacial score (nSPS) is 24.4. The second kappa shape index (κ2) is 10.2. The average molecular weight is 520 g/mol. The van der Waals surface area contributed by atoms with Gasteiger partial charge in [-0.1, -0.05) is 29.3 Å². The largest absolute Gasteiger partial charge is 0.368 e. The molecule has 1 aromatic heterocycles. The molecule has 0 radical (unpaired) electrons. The Balaban J connectivity index is 1.47. The van der Waals surface area contributed by atoms with E-state index < -0.39 is 11.5 Å². The highest BCUT2D eigenvalue weighted by molar-refractivity contribution is 6.40. The predicted octanol–water partition coefficient (Wildman–Crippen LogP) is 3.30. The molecule has 1 atom stereocenters. The molecule has 4 N–H and O–H groups in total. The molecule has 2 aromatic rings. The molecular formula is C24H31Cl2N7O2. The van der Waals surface area contributed by atoms with Gasteiger partial charge in [0, 0.05) is 25.3 Å². The number of anilines is 2. The molecule has 35 heavy (non-hydrogen) atoms. The second-order valence-electron chi connectivity index (χ2n) is 9.70. The van der Waals surface area contributed by atoms with Gasteiger partial charge in [-0.3, -0.25) is 10.2 Å². The van der Waals surface area contributed by atoms with E-state index in [0.717, 1.165) is 45.2 Å². The monoisotopic (exact) mass is 519 g/mol. The van der Waals surface area contributed by atoms with Gasteiger partial charge >= 0.3 is 0 Å². The smallest absolute Gasteiger partial charge is 0.259 e. The topological polar surface area (TPSA) is 109 Å². The number of halogens is 2. The Kier molecular flexibility index (Phi) is 7.16. The Labute approximate surface area is 215 Å². The number of para-hydroxylation sites is 1. The molecule has 11 heteroatoms. The lowest BCUT2D eigenvalue weighted by Gasteiger charge is -2.39. The van der Waals surface area contributed by atoms with Crippen LogP contribution in [-0.4, -0.2) is 71.2 Å². The third-order valence-electron chi connectivity index (χ3n) is 7.25. The van der Waals surface area contributed by atoms with Crippen LogP contribution < -0.4 is 16.5 Å². The summed E-state index contributed by atoms with van der Waals surface area (Å²) in [5.74, 6) is -0.314. The van der Waals surface area contributed by atoms with Gasteiger partial charge in [0.15, 0.2) is 0 Å². The Morgan fingerprint density at radius 2 is 1.94 bits per heavy atom. The van der Waals surface area contributed by atoms with Crippen LogP contribution in [-0.2, 0) is 10.3 Å². The summed E-state index contributed by atoms with van der Waals surface area (Å²) in [6, 6.07) is 5.45. The fourth-order valence-corrected chi connectivity index (χ4v) is 5.48. The van der Waals surface area contributed by atoms with Crippen LogP contribution >= 0.6 is 23.2 Å². The fraction of sp³-hybridized carbons (Fsp3) is 0.542. The summed E-state index contributed by atoms with van der Waals surface area (Å²) in [5, 5.41) is 5.79. The van der Waals surface area contributed by atoms with Crippen molar-refractivity contribution in [2.75, 3.05) is 44.3 Å². The molecule has 0 spiro atoms. The molecule has 1 saturated carbocycles. The predicted molar refractivity (Wildman–Crippen MR) is 136 cm³/mol. The van der Waals surface area contributed by atoms with Crippen LogP contribution in [0.15, 0.2) is 24.4 Å². The average Bonchev–Trinajstić information content (AvgIpc) is 3.24. The molecule has 1 aromatic carbocycles. The van der Waals surface area contributed by atoms with Crippen molar-refractivity contribution in [1.29, 1.82) is 0 Å². The number of benzene rings is 1. The summed E-state index contributed by atoms with van der Waals surface area (Å²) >= 11 is 12.6. The zero-order valence-electron chi connectivity index (χ0n) is 19.8. The Bertz CT molecular complexity index is 1070. The van der Waals surface area contributed by atoms with E-state index in [4.69, 9.17) is 33.7 Å². The summed E-state index contributed by atoms with van der Waals surface area (Å²) in [6.45, 7) is 3.17. The number of piperidine rings is 1. The zero-order valence-corrected chi connectivity index (χ0v) is 21.3. The van der Waals surface area contributed by atoms with Crippen molar-refractivity contribution in [2.24, 2.45) is 0 Å². The van der Waals surface area contributed by atoms with E-state index in [2.05, 4.69) is 37.7 Å². The molecule has 3 aliphatic rings. The molecule has 188 valence electrons. The zero-order chi connectivity index (χ0) is 24.6. The van der Waals surface area contributed by atoms with Gasteiger partial charge in [0.05, 0.1) is 33.1 Å². The number of likely N-dealkylation sites (tertiary alicyclic amines) is 1. The lowest BCUT2D eigenvalue weighted by atomic mass is 9.91. The first-order chi connectivity index (χ1) is 16.8. The molecule has 2 aliphatic heterocycles. The van der Waals surface area contributed by atoms with Crippen LogP contribution in [0.3, 0.4) is 0 Å². The van der Waals surface area contributed by atoms with Gasteiger partial charge in [0.1, 0.15) is 5.60 Å². The van der Waals surface area contributed by atoms with E-state index in [1.54, 1.807) is 18.2 Å². The summed E-state index contributed by atoms with van der Waals surface area (Å²) in [5.41, 5.74) is 9.88. The highest BCUT2D eigenvalue weighted by Gasteiger charge is 2.48. The standard InChI is InChI=1S/C24H31Cl2N7O2/c1-32-10-8-15(9-11-32)33-14-24(13-29-33,35-16-4-2-5-16)21-17(12-28-23(27)31-21)22(34)30-20-18(25)6-3-7-19(20)26/h3,6-7,12,15-16,29H,2,4-5,8-11,13-14H2,1H3,(H,30,34)(H2,27,28,31). The van der Waals surface area contributed by atoms with Crippen LogP contribution in [0.4, 0.5) is 11.6 Å². The van der Waals surface area contributed by atoms with E-state index in [9.17, 15) is 4.79 Å². The minimum Gasteiger partial charge on any atom is -0.368 e. The van der Waals surface area contributed by atoms with E-state index >= 15 is 0 Å². The molecule has 1 unspecified atom stereocenters. The van der Waals surface area contributed by atoms with E-state index in [0.29, 0.717) is 46.1 Å². The summed E-state index contributed by atoms with van der Waals surface area (Å²) in [6.07, 6.45) is 6.83. The van der Waals surface area contributed by atoms with E-state index in [1.807, 2.05) is 0 Å². The molecule has 1 amide bonds. The second-order valence-corrected chi connectivity index (χ2v) is 10.5. The van der Waals surface area contributed by atoms with Crippen LogP contribution in [0.5, 0.6) is 0 Å². The number of hydrogen-bond donors (Lipinski definition) is 3. The molecule has 3 fully saturated rings. The van der Waals surface area contributed by atoms with Crippen molar-refractivity contribution < 1.29 is 9.53 Å². The fourth-order valence-electron chi connectivity index (χ4n) is 4.99. The van der Waals surface area contributed by atoms with Gasteiger partial charge in [-0.05, 0) is 64.4 Å². The molecule has 2 saturated heterocycles. The summed E-state index contributed by atoms with van der Waals surface area (Å²) in [4.78, 5) is 24.5. The van der Waals surface area contributed by atoms with Gasteiger partial charge in [0.25, 0.3) is 5.91 Å². The number of rotatable bonds is 6. The van der Waals surface area contributed by atoms with Crippen molar-refractivity contribution >= 4 is 40.7 Å². The highest BCUT2D eigenvalue weighted by Crippen LogP contribution is 2.39. The number of hydrazine groups is 1. The first-order valence-corrected chi connectivity index (χ1v) is 12.8. The van der Waals surface area contributed by atoms with Crippen molar-refractivity contribution in [3.63, 3.8) is 0 Å². The Morgan fingerprint density at radius 1 is 1.23 bits per heavy atom. The van der Waals surface area contributed by atoms with Gasteiger partial charge in [-0.2, -0.15) is 0 Å². The minimum atomic E-state index is -0.831. The highest BCUT2D eigenvalue weighted by atomic mass is 35.5. The lowest BCUT2D eigenvalue weighted by molar-refractivity contribution is -0.118. The lowest BCUT2D eigenvalue weighted by Crippen LogP contribution is -2.48. The molecule has 1 aliphatic carbocycles. The summed E-state index contributed by atoms with van der Waals surface area (Å²) in [7, 11) is 2.15. The van der Waals surface area contributed by atoms with Crippen molar-refractivity contribution in [3.8, 4) is 0 Å². The number of nitrogens with two attached hydrogens (primary N) is 1. The molecule has 9 nitrogen and oxygen atoms in total. The van der Waals surface area contributed by atoms with Crippen LogP contribution in [0, 0.1) is 0 Å². The third-order valence-corrected chi connectivity index (χ3v) is 7.88. The van der Waals surface area contributed by atoms with Crippen molar-refractivity contribution in [1.82, 2.24) is 25.3 Å². The molecule has 0 bridgehead atoms. The van der Waals surface area contributed by atoms with Gasteiger partial charge in [-0.25, -0.2) is 15.0 Å². The van der Waals surface area contributed by atoms with Gasteiger partial charge in [-0.15, -0.1) is 0 Å². The minimum absolute atomic E-state index is 0.0988. The number of nitrogen functional groups attached to an aromatic ring is 1. The number of amides is 1. The van der Waals surface area contributed by atoms with E-state index in [1.165, 1.54) is 6.20 Å². The van der Waals surface area contributed by atoms with Crippen molar-refractivity contribution in [3.05, 3.63) is 45.7 Å². The molecule has 5 rings (SSSR count). The summed E-state index contributed by atoms with van der Waals surface area (Å²) < 4.78 is 6.71. The van der Waals surface area contributed by atoms with Crippen molar-refractivity contribution in [2.45, 2.75) is 49.9 Å². The quantitative estimate of drug-likeness (QED) is 0.533. The van der Waals surface area contributed by atoms with E-state index in [-0.39, 0.29) is 12.1 Å². The number of carbonyl (C=O) groups is 1. The number of carbonyl (C=O) groups excluding carboxylic acids is 1. The SMILES string of the molecule is CN1CCC(N2CC(OC3CCC3)(c3nc(N)ncc3C(=O)Nc3c(Cl)cccc3Cl)CN2)CC1. The number of aromatic nitrogens is 2. The maximum absolute atomic E-state index is 13.5. The molecular weight excluding hydrogens is 489 g/mol. The Morgan fingerprint density at radius 3 is 2.60 bits per heavy atom. The molecule has 3 heterocycles. The van der Waals surface area contributed by atoms with Crippen LogP contribution in [0.1, 0.15) is 48.2 Å². The van der Waals surface area contributed by atoms with Gasteiger partial charge in [0.2, 0.25) is 5.95 Å². The number of hydrogen-bond acceptors (Lipinski definition) is 8. The Hall–Kier alpha value is -2.01. The first-order valence-electron chi connectivity index (χ1n) is 12.1. The maximum atomic E-state index is 13.5. The van der Waals surface area contributed by atoms with Gasteiger partial charge < -0.3 is 20.7 Å². The number of nitrogens with zero attached hydrogens (tertiary/aromatic N) is 4. The van der Waals surface area contributed by atoms with Crippen LogP contribution in [0.25, 0.3) is 0 Å².